The lowest BCUT2D eigenvalue weighted by Gasteiger charge is -2.43. The molecule has 0 saturated carbocycles. The fourth-order valence-corrected chi connectivity index (χ4v) is 2.57. The predicted octanol–water partition coefficient (Wildman–Crippen LogP) is -0.252. The molecule has 0 aliphatic carbocycles. The van der Waals surface area contributed by atoms with E-state index in [1.165, 1.54) is 5.32 Å². The summed E-state index contributed by atoms with van der Waals surface area (Å²) in [5.74, 6) is -6.04. The maximum atomic E-state index is 12.5. The Morgan fingerprint density at radius 2 is 1.20 bits per heavy atom. The standard InChI is InChI=1S/C16H20F3NO10/c1-6(21)26-11-10(5-20-15(25)16(17,18)19)30-14(29-9(4)24)13(28-8(3)23)12(11)27-7(2)22/h10-14H,5H2,1-4H3,(H,20,25)/t10-,11+,12+,13-,14?/m1/s1. The monoisotopic (exact) mass is 443 g/mol. The van der Waals surface area contributed by atoms with Gasteiger partial charge in [-0.15, -0.1) is 0 Å². The highest BCUT2D eigenvalue weighted by Gasteiger charge is 2.53. The summed E-state index contributed by atoms with van der Waals surface area (Å²) < 4.78 is 62.6. The number of hydrogen-bond acceptors (Lipinski definition) is 10. The normalized spacial score (nSPS) is 26.2. The highest BCUT2D eigenvalue weighted by molar-refractivity contribution is 5.81. The van der Waals surface area contributed by atoms with Gasteiger partial charge in [0, 0.05) is 34.2 Å². The first-order valence-electron chi connectivity index (χ1n) is 8.41. The van der Waals surface area contributed by atoms with Crippen molar-refractivity contribution in [3.8, 4) is 0 Å². The molecule has 1 amide bonds. The first-order chi connectivity index (χ1) is 13.7. The van der Waals surface area contributed by atoms with E-state index >= 15 is 0 Å². The molecule has 170 valence electrons. The maximum Gasteiger partial charge on any atom is 0.471 e. The van der Waals surface area contributed by atoms with E-state index < -0.39 is 73.2 Å². The van der Waals surface area contributed by atoms with Gasteiger partial charge in [-0.25, -0.2) is 0 Å². The molecule has 1 aliphatic heterocycles. The number of carbonyl (C=O) groups is 5. The summed E-state index contributed by atoms with van der Waals surface area (Å²) in [5.41, 5.74) is 0. The van der Waals surface area contributed by atoms with Gasteiger partial charge in [-0.1, -0.05) is 0 Å². The van der Waals surface area contributed by atoms with Gasteiger partial charge in [-0.2, -0.15) is 13.2 Å². The Bertz CT molecular complexity index is 695. The summed E-state index contributed by atoms with van der Waals surface area (Å²) >= 11 is 0. The molecule has 0 aromatic carbocycles. The Kier molecular flexibility index (Phi) is 8.57. The zero-order valence-electron chi connectivity index (χ0n) is 16.3. The third kappa shape index (κ3) is 7.50. The molecule has 0 aromatic rings. The smallest absolute Gasteiger partial charge is 0.456 e. The summed E-state index contributed by atoms with van der Waals surface area (Å²) in [6, 6.07) is 0. The van der Waals surface area contributed by atoms with Crippen LogP contribution in [0.3, 0.4) is 0 Å². The molecule has 5 atom stereocenters. The molecule has 1 rings (SSSR count). The molecule has 11 nitrogen and oxygen atoms in total. The van der Waals surface area contributed by atoms with Crippen molar-refractivity contribution < 1.29 is 60.8 Å². The number of hydrogen-bond donors (Lipinski definition) is 1. The van der Waals surface area contributed by atoms with E-state index in [2.05, 4.69) is 0 Å². The molecule has 0 aromatic heterocycles. The van der Waals surface area contributed by atoms with Gasteiger partial charge in [0.1, 0.15) is 6.10 Å². The van der Waals surface area contributed by atoms with Crippen molar-refractivity contribution in [2.24, 2.45) is 0 Å². The lowest BCUT2D eigenvalue weighted by atomic mass is 9.97. The first kappa shape index (κ1) is 25.1. The van der Waals surface area contributed by atoms with Crippen LogP contribution in [-0.2, 0) is 47.7 Å². The molecule has 14 heteroatoms. The van der Waals surface area contributed by atoms with Crippen LogP contribution in [0, 0.1) is 0 Å². The molecule has 0 spiro atoms. The number of ether oxygens (including phenoxy) is 5. The maximum absolute atomic E-state index is 12.5. The summed E-state index contributed by atoms with van der Waals surface area (Å²) in [5, 5.41) is 1.53. The zero-order valence-corrected chi connectivity index (χ0v) is 16.3. The number of esters is 4. The highest BCUT2D eigenvalue weighted by Crippen LogP contribution is 2.29. The second kappa shape index (κ2) is 10.2. The van der Waals surface area contributed by atoms with Crippen molar-refractivity contribution in [2.75, 3.05) is 6.54 Å². The Morgan fingerprint density at radius 3 is 1.63 bits per heavy atom. The molecule has 0 radical (unpaired) electrons. The van der Waals surface area contributed by atoms with Crippen LogP contribution < -0.4 is 5.32 Å². The van der Waals surface area contributed by atoms with Crippen molar-refractivity contribution >= 4 is 29.8 Å². The number of halogens is 3. The Hall–Kier alpha value is -2.90. The predicted molar refractivity (Wildman–Crippen MR) is 86.2 cm³/mol. The zero-order chi connectivity index (χ0) is 23.2. The molecular weight excluding hydrogens is 423 g/mol. The number of amides is 1. The number of rotatable bonds is 6. The summed E-state index contributed by atoms with van der Waals surface area (Å²) in [6.45, 7) is 2.99. The molecule has 0 bridgehead atoms. The van der Waals surface area contributed by atoms with E-state index in [1.807, 2.05) is 0 Å². The lowest BCUT2D eigenvalue weighted by Crippen LogP contribution is -2.64. The molecular formula is C16H20F3NO10. The van der Waals surface area contributed by atoms with Gasteiger partial charge in [-0.3, -0.25) is 24.0 Å². The highest BCUT2D eigenvalue weighted by atomic mass is 19.4. The van der Waals surface area contributed by atoms with Gasteiger partial charge < -0.3 is 29.0 Å². The van der Waals surface area contributed by atoms with Crippen molar-refractivity contribution in [1.82, 2.24) is 5.32 Å². The van der Waals surface area contributed by atoms with Gasteiger partial charge in [0.2, 0.25) is 12.4 Å². The van der Waals surface area contributed by atoms with Crippen LogP contribution in [0.2, 0.25) is 0 Å². The molecule has 1 unspecified atom stereocenters. The average molecular weight is 443 g/mol. The molecule has 1 saturated heterocycles. The van der Waals surface area contributed by atoms with Gasteiger partial charge >= 0.3 is 36.0 Å². The topological polar surface area (TPSA) is 144 Å². The summed E-state index contributed by atoms with van der Waals surface area (Å²) in [6.07, 6.45) is -13.4. The molecule has 30 heavy (non-hydrogen) atoms. The summed E-state index contributed by atoms with van der Waals surface area (Å²) in [4.78, 5) is 57.0. The average Bonchev–Trinajstić information content (AvgIpc) is 2.55. The molecule has 1 aliphatic rings. The minimum atomic E-state index is -5.21. The lowest BCUT2D eigenvalue weighted by molar-refractivity contribution is -0.294. The summed E-state index contributed by atoms with van der Waals surface area (Å²) in [7, 11) is 0. The molecule has 1 heterocycles. The number of carbonyl (C=O) groups excluding carboxylic acids is 5. The van der Waals surface area contributed by atoms with E-state index in [4.69, 9.17) is 23.7 Å². The number of nitrogens with one attached hydrogen (secondary N) is 1. The van der Waals surface area contributed by atoms with Crippen molar-refractivity contribution in [1.29, 1.82) is 0 Å². The fraction of sp³-hybridized carbons (Fsp3) is 0.688. The van der Waals surface area contributed by atoms with Crippen LogP contribution in [0.1, 0.15) is 27.7 Å². The largest absolute Gasteiger partial charge is 0.471 e. The van der Waals surface area contributed by atoms with Crippen molar-refractivity contribution in [3.63, 3.8) is 0 Å². The van der Waals surface area contributed by atoms with Crippen LogP contribution in [0.4, 0.5) is 13.2 Å². The second-order valence-corrected chi connectivity index (χ2v) is 6.08. The second-order valence-electron chi connectivity index (χ2n) is 6.08. The van der Waals surface area contributed by atoms with Crippen LogP contribution in [0.15, 0.2) is 0 Å². The van der Waals surface area contributed by atoms with Gasteiger partial charge in [0.25, 0.3) is 0 Å². The number of alkyl halides is 3. The van der Waals surface area contributed by atoms with Crippen molar-refractivity contribution in [3.05, 3.63) is 0 Å². The van der Waals surface area contributed by atoms with E-state index in [-0.39, 0.29) is 0 Å². The van der Waals surface area contributed by atoms with Crippen LogP contribution in [0.25, 0.3) is 0 Å². The Morgan fingerprint density at radius 1 is 0.767 bits per heavy atom. The van der Waals surface area contributed by atoms with Crippen LogP contribution >= 0.6 is 0 Å². The Balaban J connectivity index is 3.30. The quantitative estimate of drug-likeness (QED) is 0.431. The van der Waals surface area contributed by atoms with E-state index in [1.54, 1.807) is 0 Å². The van der Waals surface area contributed by atoms with E-state index in [9.17, 15) is 37.1 Å². The minimum absolute atomic E-state index is 0.876. The third-order valence-corrected chi connectivity index (χ3v) is 3.50. The van der Waals surface area contributed by atoms with Crippen LogP contribution in [-0.4, -0.2) is 73.2 Å². The van der Waals surface area contributed by atoms with Gasteiger partial charge in [0.15, 0.2) is 12.2 Å². The SMILES string of the molecule is CC(=O)OC1O[C@H](CNC(=O)C(F)(F)F)[C@H](OC(C)=O)[C@H](OC(C)=O)[C@H]1OC(C)=O. The fourth-order valence-electron chi connectivity index (χ4n) is 2.57. The minimum Gasteiger partial charge on any atom is -0.456 e. The van der Waals surface area contributed by atoms with Crippen molar-refractivity contribution in [2.45, 2.75) is 64.6 Å². The first-order valence-corrected chi connectivity index (χ1v) is 8.41. The van der Waals surface area contributed by atoms with E-state index in [0.29, 0.717) is 0 Å². The van der Waals surface area contributed by atoms with E-state index in [0.717, 1.165) is 27.7 Å². The third-order valence-electron chi connectivity index (χ3n) is 3.50. The Labute approximate surface area is 168 Å². The molecule has 1 fully saturated rings. The van der Waals surface area contributed by atoms with Crippen LogP contribution in [0.5, 0.6) is 0 Å². The van der Waals surface area contributed by atoms with Gasteiger partial charge in [-0.05, 0) is 0 Å². The molecule has 1 N–H and O–H groups in total. The van der Waals surface area contributed by atoms with Gasteiger partial charge in [0.05, 0.1) is 0 Å².